The Bertz CT molecular complexity index is 1020. The average molecular weight is 383 g/mol. The summed E-state index contributed by atoms with van der Waals surface area (Å²) in [5, 5.41) is 2.86. The molecule has 1 fully saturated rings. The first-order valence-electron chi connectivity index (χ1n) is 9.50. The molecule has 0 atom stereocenters. The van der Waals surface area contributed by atoms with Gasteiger partial charge in [0.05, 0.1) is 5.52 Å². The van der Waals surface area contributed by atoms with E-state index < -0.39 is 5.76 Å². The van der Waals surface area contributed by atoms with Crippen LogP contribution in [0.25, 0.3) is 11.1 Å². The van der Waals surface area contributed by atoms with Crippen LogP contribution in [0.2, 0.25) is 0 Å². The molecule has 1 saturated heterocycles. The summed E-state index contributed by atoms with van der Waals surface area (Å²) < 4.78 is 18.1. The average Bonchev–Trinajstić information content (AvgIpc) is 3.07. The van der Waals surface area contributed by atoms with Gasteiger partial charge in [-0.25, -0.2) is 9.18 Å². The summed E-state index contributed by atoms with van der Waals surface area (Å²) in [5.74, 6) is -0.265. The van der Waals surface area contributed by atoms with Gasteiger partial charge in [0, 0.05) is 37.0 Å². The molecule has 0 radical (unpaired) electrons. The fourth-order valence-electron chi connectivity index (χ4n) is 3.71. The molecular formula is C21H22FN3O3. The molecule has 1 aromatic heterocycles. The molecule has 2 N–H and O–H groups in total. The highest BCUT2D eigenvalue weighted by Crippen LogP contribution is 2.26. The summed E-state index contributed by atoms with van der Waals surface area (Å²) in [6.07, 6.45) is 3.33. The van der Waals surface area contributed by atoms with Crippen LogP contribution >= 0.6 is 0 Å². The number of H-pyrrole nitrogens is 1. The number of halogens is 1. The topological polar surface area (TPSA) is 78.3 Å². The quantitative estimate of drug-likeness (QED) is 0.701. The summed E-state index contributed by atoms with van der Waals surface area (Å²) in [7, 11) is 0. The molecule has 2 aromatic carbocycles. The van der Waals surface area contributed by atoms with Crippen molar-refractivity contribution in [3.8, 4) is 0 Å². The van der Waals surface area contributed by atoms with Gasteiger partial charge in [0.15, 0.2) is 5.58 Å². The monoisotopic (exact) mass is 383 g/mol. The number of anilines is 2. The van der Waals surface area contributed by atoms with E-state index in [1.807, 2.05) is 12.1 Å². The zero-order valence-corrected chi connectivity index (χ0v) is 15.4. The summed E-state index contributed by atoms with van der Waals surface area (Å²) >= 11 is 0. The van der Waals surface area contributed by atoms with Crippen molar-refractivity contribution in [2.45, 2.75) is 25.7 Å². The van der Waals surface area contributed by atoms with E-state index in [2.05, 4.69) is 15.2 Å². The molecule has 2 heterocycles. The van der Waals surface area contributed by atoms with Gasteiger partial charge in [-0.2, -0.15) is 0 Å². The molecule has 0 aliphatic carbocycles. The lowest BCUT2D eigenvalue weighted by atomic mass is 9.91. The third kappa shape index (κ3) is 4.24. The second-order valence-electron chi connectivity index (χ2n) is 7.22. The second kappa shape index (κ2) is 7.88. The van der Waals surface area contributed by atoms with E-state index in [0.29, 0.717) is 29.1 Å². The first-order chi connectivity index (χ1) is 13.6. The maximum absolute atomic E-state index is 13.0. The van der Waals surface area contributed by atoms with E-state index in [4.69, 9.17) is 4.42 Å². The zero-order chi connectivity index (χ0) is 19.5. The summed E-state index contributed by atoms with van der Waals surface area (Å²) in [5.41, 5.74) is 2.70. The maximum atomic E-state index is 13.0. The number of rotatable bonds is 5. The van der Waals surface area contributed by atoms with E-state index in [0.717, 1.165) is 38.0 Å². The van der Waals surface area contributed by atoms with Gasteiger partial charge in [-0.3, -0.25) is 9.78 Å². The Kier molecular flexibility index (Phi) is 5.14. The first kappa shape index (κ1) is 18.3. The number of fused-ring (bicyclic) bond motifs is 1. The van der Waals surface area contributed by atoms with Crippen molar-refractivity contribution in [3.63, 3.8) is 0 Å². The van der Waals surface area contributed by atoms with Crippen molar-refractivity contribution in [2.24, 2.45) is 5.92 Å². The third-order valence-electron chi connectivity index (χ3n) is 5.29. The van der Waals surface area contributed by atoms with E-state index >= 15 is 0 Å². The van der Waals surface area contributed by atoms with Crippen LogP contribution in [0.1, 0.15) is 25.7 Å². The third-order valence-corrected chi connectivity index (χ3v) is 5.29. The second-order valence-corrected chi connectivity index (χ2v) is 7.22. The molecule has 28 heavy (non-hydrogen) atoms. The Morgan fingerprint density at radius 1 is 1.18 bits per heavy atom. The lowest BCUT2D eigenvalue weighted by Crippen LogP contribution is -2.33. The van der Waals surface area contributed by atoms with Crippen LogP contribution in [-0.4, -0.2) is 24.0 Å². The van der Waals surface area contributed by atoms with Gasteiger partial charge in [-0.1, -0.05) is 0 Å². The Morgan fingerprint density at radius 3 is 2.68 bits per heavy atom. The van der Waals surface area contributed by atoms with Crippen molar-refractivity contribution < 1.29 is 13.6 Å². The highest BCUT2D eigenvalue weighted by Gasteiger charge is 2.20. The van der Waals surface area contributed by atoms with Crippen molar-refractivity contribution in [1.82, 2.24) is 4.98 Å². The molecule has 1 aliphatic heterocycles. The lowest BCUT2D eigenvalue weighted by molar-refractivity contribution is -0.116. The number of aromatic nitrogens is 1. The van der Waals surface area contributed by atoms with Crippen LogP contribution in [0.3, 0.4) is 0 Å². The largest absolute Gasteiger partial charge is 0.417 e. The minimum absolute atomic E-state index is 0.0433. The molecule has 1 amide bonds. The molecule has 0 unspecified atom stereocenters. The van der Waals surface area contributed by atoms with Crippen LogP contribution in [0, 0.1) is 11.7 Å². The minimum atomic E-state index is -0.509. The molecule has 146 valence electrons. The molecule has 0 spiro atoms. The molecule has 6 nitrogen and oxygen atoms in total. The molecule has 7 heteroatoms. The Morgan fingerprint density at radius 2 is 1.93 bits per heavy atom. The van der Waals surface area contributed by atoms with Gasteiger partial charge in [0.25, 0.3) is 0 Å². The molecule has 3 aromatic rings. The zero-order valence-electron chi connectivity index (χ0n) is 15.4. The number of hydrogen-bond donors (Lipinski definition) is 2. The highest BCUT2D eigenvalue weighted by atomic mass is 19.1. The normalized spacial score (nSPS) is 15.1. The number of nitrogens with zero attached hydrogens (tertiary/aromatic N) is 1. The summed E-state index contributed by atoms with van der Waals surface area (Å²) in [4.78, 5) is 28.3. The van der Waals surface area contributed by atoms with Crippen molar-refractivity contribution in [3.05, 3.63) is 58.8 Å². The Balaban J connectivity index is 1.24. The van der Waals surface area contributed by atoms with Gasteiger partial charge in [-0.15, -0.1) is 0 Å². The van der Waals surface area contributed by atoms with Crippen LogP contribution in [0.4, 0.5) is 15.8 Å². The Labute approximate surface area is 161 Å². The predicted molar refractivity (Wildman–Crippen MR) is 106 cm³/mol. The van der Waals surface area contributed by atoms with Crippen LogP contribution in [0.15, 0.2) is 51.7 Å². The van der Waals surface area contributed by atoms with Crippen LogP contribution in [-0.2, 0) is 4.79 Å². The smallest absolute Gasteiger partial charge is 0.408 e. The number of carbonyl (C=O) groups excluding carboxylic acids is 1. The Hall–Kier alpha value is -3.09. The molecule has 0 bridgehead atoms. The highest BCUT2D eigenvalue weighted by molar-refractivity contribution is 5.92. The van der Waals surface area contributed by atoms with E-state index in [9.17, 15) is 14.0 Å². The fourth-order valence-corrected chi connectivity index (χ4v) is 3.71. The van der Waals surface area contributed by atoms with Gasteiger partial charge in [0.1, 0.15) is 5.82 Å². The predicted octanol–water partition coefficient (Wildman–Crippen LogP) is 3.90. The van der Waals surface area contributed by atoms with Gasteiger partial charge in [0.2, 0.25) is 5.91 Å². The molecular weight excluding hydrogens is 361 g/mol. The summed E-state index contributed by atoms with van der Waals surface area (Å²) in [6.45, 7) is 1.84. The van der Waals surface area contributed by atoms with Gasteiger partial charge in [-0.05, 0) is 61.6 Å². The van der Waals surface area contributed by atoms with Crippen molar-refractivity contribution in [1.29, 1.82) is 0 Å². The molecule has 4 rings (SSSR count). The number of piperidine rings is 1. The number of nitrogens with one attached hydrogen (secondary N) is 2. The van der Waals surface area contributed by atoms with E-state index in [1.165, 1.54) is 12.1 Å². The van der Waals surface area contributed by atoms with Gasteiger partial charge >= 0.3 is 5.76 Å². The van der Waals surface area contributed by atoms with Crippen LogP contribution < -0.4 is 16.0 Å². The van der Waals surface area contributed by atoms with E-state index in [1.54, 1.807) is 18.2 Å². The van der Waals surface area contributed by atoms with Gasteiger partial charge < -0.3 is 14.6 Å². The number of benzene rings is 2. The molecule has 1 aliphatic rings. The van der Waals surface area contributed by atoms with Crippen molar-refractivity contribution >= 4 is 28.4 Å². The van der Waals surface area contributed by atoms with E-state index in [-0.39, 0.29) is 11.7 Å². The van der Waals surface area contributed by atoms with Crippen LogP contribution in [0.5, 0.6) is 0 Å². The number of oxazole rings is 1. The first-order valence-corrected chi connectivity index (χ1v) is 9.50. The maximum Gasteiger partial charge on any atom is 0.417 e. The number of carbonyl (C=O) groups is 1. The SMILES string of the molecule is O=C(CCC1CCN(c2ccc(F)cc2)CC1)Nc1ccc2[nH]c(=O)oc2c1. The molecule has 0 saturated carbocycles. The number of hydrogen-bond acceptors (Lipinski definition) is 4. The van der Waals surface area contributed by atoms with Crippen molar-refractivity contribution in [2.75, 3.05) is 23.3 Å². The number of aromatic amines is 1. The minimum Gasteiger partial charge on any atom is -0.408 e. The summed E-state index contributed by atoms with van der Waals surface area (Å²) in [6, 6.07) is 11.7. The fraction of sp³-hybridized carbons (Fsp3) is 0.333. The lowest BCUT2D eigenvalue weighted by Gasteiger charge is -2.33. The standard InChI is InChI=1S/C21H22FN3O3/c22-15-2-5-17(6-3-15)25-11-9-14(10-12-25)1-8-20(26)23-16-4-7-18-19(13-16)28-21(27)24-18/h2-7,13-14H,1,8-12H2,(H,23,26)(H,24,27). The number of amides is 1.